The van der Waals surface area contributed by atoms with E-state index in [1.165, 1.54) is 0 Å². The number of anilines is 1. The van der Waals surface area contributed by atoms with E-state index in [-0.39, 0.29) is 18.4 Å². The van der Waals surface area contributed by atoms with E-state index in [4.69, 9.17) is 4.84 Å². The monoisotopic (exact) mass is 404 g/mol. The highest BCUT2D eigenvalue weighted by atomic mass is 16.6. The van der Waals surface area contributed by atoms with Gasteiger partial charge in [-0.1, -0.05) is 30.3 Å². The van der Waals surface area contributed by atoms with Crippen LogP contribution in [0, 0.1) is 0 Å². The van der Waals surface area contributed by atoms with Gasteiger partial charge in [-0.2, -0.15) is 0 Å². The Morgan fingerprint density at radius 2 is 1.60 bits per heavy atom. The van der Waals surface area contributed by atoms with E-state index in [9.17, 15) is 9.59 Å². The normalized spacial score (nSPS) is 10.3. The number of rotatable bonds is 10. The maximum Gasteiger partial charge on any atom is 0.276 e. The molecule has 0 atom stereocenters. The minimum Gasteiger partial charge on any atom is -0.380 e. The maximum absolute atomic E-state index is 12.4. The average Bonchev–Trinajstić information content (AvgIpc) is 2.81. The van der Waals surface area contributed by atoms with Gasteiger partial charge < -0.3 is 10.6 Å². The van der Waals surface area contributed by atoms with Crippen molar-refractivity contribution in [1.29, 1.82) is 0 Å². The van der Waals surface area contributed by atoms with Crippen LogP contribution >= 0.6 is 0 Å². The molecule has 0 saturated heterocycles. The van der Waals surface area contributed by atoms with Gasteiger partial charge in [0, 0.05) is 36.7 Å². The van der Waals surface area contributed by atoms with Gasteiger partial charge in [-0.25, -0.2) is 5.48 Å². The van der Waals surface area contributed by atoms with Gasteiger partial charge in [0.2, 0.25) is 0 Å². The Labute approximate surface area is 175 Å². The maximum atomic E-state index is 12.4. The Hall–Kier alpha value is -3.71. The first-order valence-electron chi connectivity index (χ1n) is 9.71. The third-order valence-corrected chi connectivity index (χ3v) is 4.31. The fourth-order valence-corrected chi connectivity index (χ4v) is 2.74. The quantitative estimate of drug-likeness (QED) is 0.357. The highest BCUT2D eigenvalue weighted by Crippen LogP contribution is 2.16. The molecule has 3 N–H and O–H groups in total. The molecule has 7 heteroatoms. The molecule has 7 nitrogen and oxygen atoms in total. The molecule has 3 rings (SSSR count). The van der Waals surface area contributed by atoms with E-state index >= 15 is 0 Å². The van der Waals surface area contributed by atoms with Gasteiger partial charge in [-0.3, -0.25) is 19.4 Å². The van der Waals surface area contributed by atoms with E-state index in [2.05, 4.69) is 21.1 Å². The predicted molar refractivity (Wildman–Crippen MR) is 115 cm³/mol. The zero-order valence-corrected chi connectivity index (χ0v) is 16.5. The summed E-state index contributed by atoms with van der Waals surface area (Å²) >= 11 is 0. The summed E-state index contributed by atoms with van der Waals surface area (Å²) in [7, 11) is 0. The summed E-state index contributed by atoms with van der Waals surface area (Å²) in [5, 5.41) is 6.07. The lowest BCUT2D eigenvalue weighted by Gasteiger charge is -2.12. The number of nitrogens with zero attached hydrogens (tertiary/aromatic N) is 1. The summed E-state index contributed by atoms with van der Waals surface area (Å²) in [5.74, 6) is -0.463. The molecule has 0 aliphatic rings. The van der Waals surface area contributed by atoms with Gasteiger partial charge in [0.1, 0.15) is 0 Å². The molecule has 0 aliphatic carbocycles. The fourth-order valence-electron chi connectivity index (χ4n) is 2.74. The molecule has 154 valence electrons. The lowest BCUT2D eigenvalue weighted by atomic mass is 10.1. The van der Waals surface area contributed by atoms with Crippen LogP contribution in [-0.4, -0.2) is 29.9 Å². The Kier molecular flexibility index (Phi) is 7.93. The van der Waals surface area contributed by atoms with Gasteiger partial charge in [-0.15, -0.1) is 0 Å². The molecule has 0 aliphatic heterocycles. The second-order valence-electron chi connectivity index (χ2n) is 6.51. The molecule has 0 saturated carbocycles. The van der Waals surface area contributed by atoms with Crippen molar-refractivity contribution >= 4 is 17.5 Å². The van der Waals surface area contributed by atoms with Crippen LogP contribution in [0.1, 0.15) is 32.7 Å². The van der Waals surface area contributed by atoms with Crippen LogP contribution in [0.4, 0.5) is 5.69 Å². The standard InChI is InChI=1S/C23H24N4O3/c28-22(19-7-2-1-3-8-19)25-13-6-16-30-27-23(29)20-9-4-5-10-21(20)26-17-18-11-14-24-15-12-18/h1-5,7-12,14-15,26H,6,13,16-17H2,(H,25,28)(H,27,29). The molecule has 30 heavy (non-hydrogen) atoms. The van der Waals surface area contributed by atoms with Gasteiger partial charge in [0.05, 0.1) is 12.2 Å². The number of pyridine rings is 1. The van der Waals surface area contributed by atoms with Crippen LogP contribution in [0.5, 0.6) is 0 Å². The number of aromatic nitrogens is 1. The number of hydrogen-bond donors (Lipinski definition) is 3. The van der Waals surface area contributed by atoms with Crippen molar-refractivity contribution < 1.29 is 14.4 Å². The zero-order valence-electron chi connectivity index (χ0n) is 16.5. The Bertz CT molecular complexity index is 949. The van der Waals surface area contributed by atoms with Crippen LogP contribution in [0.3, 0.4) is 0 Å². The smallest absolute Gasteiger partial charge is 0.276 e. The first kappa shape index (κ1) is 21.0. The summed E-state index contributed by atoms with van der Waals surface area (Å²) < 4.78 is 0. The number of benzene rings is 2. The summed E-state index contributed by atoms with van der Waals surface area (Å²) in [6, 6.07) is 20.1. The molecular weight excluding hydrogens is 380 g/mol. The molecule has 0 bridgehead atoms. The van der Waals surface area contributed by atoms with Gasteiger partial charge in [0.25, 0.3) is 11.8 Å². The van der Waals surface area contributed by atoms with E-state index in [0.717, 1.165) is 5.56 Å². The average molecular weight is 404 g/mol. The third kappa shape index (κ3) is 6.42. The number of hydrogen-bond acceptors (Lipinski definition) is 5. The van der Waals surface area contributed by atoms with Crippen molar-refractivity contribution in [2.45, 2.75) is 13.0 Å². The largest absolute Gasteiger partial charge is 0.380 e. The predicted octanol–water partition coefficient (Wildman–Crippen LogP) is 3.18. The first-order chi connectivity index (χ1) is 14.7. The summed E-state index contributed by atoms with van der Waals surface area (Å²) in [4.78, 5) is 33.6. The number of hydroxylamine groups is 1. The Balaban J connectivity index is 1.39. The number of nitrogens with one attached hydrogen (secondary N) is 3. The zero-order chi connectivity index (χ0) is 21.0. The number of carbonyl (C=O) groups excluding carboxylic acids is 2. The highest BCUT2D eigenvalue weighted by molar-refractivity contribution is 5.99. The number of amides is 2. The lowest BCUT2D eigenvalue weighted by Crippen LogP contribution is -2.28. The van der Waals surface area contributed by atoms with E-state index in [1.54, 1.807) is 36.7 Å². The number of para-hydroxylation sites is 1. The van der Waals surface area contributed by atoms with Gasteiger partial charge in [-0.05, 0) is 48.4 Å². The lowest BCUT2D eigenvalue weighted by molar-refractivity contribution is 0.0304. The minimum atomic E-state index is -0.332. The first-order valence-corrected chi connectivity index (χ1v) is 9.71. The Morgan fingerprint density at radius 3 is 2.40 bits per heavy atom. The molecule has 0 radical (unpaired) electrons. The minimum absolute atomic E-state index is 0.131. The molecular formula is C23H24N4O3. The second kappa shape index (κ2) is 11.3. The van der Waals surface area contributed by atoms with Crippen LogP contribution < -0.4 is 16.1 Å². The highest BCUT2D eigenvalue weighted by Gasteiger charge is 2.11. The van der Waals surface area contributed by atoms with E-state index in [0.29, 0.717) is 36.3 Å². The molecule has 1 aromatic heterocycles. The van der Waals surface area contributed by atoms with Crippen molar-refractivity contribution in [2.75, 3.05) is 18.5 Å². The topological polar surface area (TPSA) is 92.4 Å². The molecule has 2 amide bonds. The molecule has 1 heterocycles. The van der Waals surface area contributed by atoms with E-state index < -0.39 is 0 Å². The molecule has 0 spiro atoms. The van der Waals surface area contributed by atoms with Crippen molar-refractivity contribution in [3.05, 3.63) is 95.8 Å². The van der Waals surface area contributed by atoms with Crippen molar-refractivity contribution in [3.8, 4) is 0 Å². The molecule has 0 fully saturated rings. The van der Waals surface area contributed by atoms with Crippen LogP contribution in [0.25, 0.3) is 0 Å². The third-order valence-electron chi connectivity index (χ3n) is 4.31. The Morgan fingerprint density at radius 1 is 0.867 bits per heavy atom. The SMILES string of the molecule is O=C(NCCCONC(=O)c1ccccc1NCc1ccncc1)c1ccccc1. The van der Waals surface area contributed by atoms with Crippen molar-refractivity contribution in [3.63, 3.8) is 0 Å². The second-order valence-corrected chi connectivity index (χ2v) is 6.51. The summed E-state index contributed by atoms with van der Waals surface area (Å²) in [5.41, 5.74) is 5.34. The van der Waals surface area contributed by atoms with Gasteiger partial charge in [0.15, 0.2) is 0 Å². The fraction of sp³-hybridized carbons (Fsp3) is 0.174. The van der Waals surface area contributed by atoms with Crippen LogP contribution in [0.2, 0.25) is 0 Å². The molecule has 2 aromatic carbocycles. The van der Waals surface area contributed by atoms with Crippen molar-refractivity contribution in [2.24, 2.45) is 0 Å². The van der Waals surface area contributed by atoms with E-state index in [1.807, 2.05) is 42.5 Å². The molecule has 3 aromatic rings. The van der Waals surface area contributed by atoms with Crippen LogP contribution in [0.15, 0.2) is 79.1 Å². The summed E-state index contributed by atoms with van der Waals surface area (Å²) in [6.07, 6.45) is 4.03. The number of carbonyl (C=O) groups is 2. The molecule has 0 unspecified atom stereocenters. The summed E-state index contributed by atoms with van der Waals surface area (Å²) in [6.45, 7) is 1.32. The van der Waals surface area contributed by atoms with Gasteiger partial charge >= 0.3 is 0 Å². The van der Waals surface area contributed by atoms with Crippen molar-refractivity contribution in [1.82, 2.24) is 15.8 Å². The van der Waals surface area contributed by atoms with Crippen LogP contribution in [-0.2, 0) is 11.4 Å².